The maximum Gasteiger partial charge on any atom is 0.417 e. The summed E-state index contributed by atoms with van der Waals surface area (Å²) in [5.41, 5.74) is -0.352. The van der Waals surface area contributed by atoms with Gasteiger partial charge in [-0.3, -0.25) is 9.20 Å². The zero-order chi connectivity index (χ0) is 16.6. The second-order valence-corrected chi connectivity index (χ2v) is 5.73. The molecule has 0 aromatic carbocycles. The molecule has 124 valence electrons. The monoisotopic (exact) mass is 326 g/mol. The van der Waals surface area contributed by atoms with Crippen molar-refractivity contribution in [1.29, 1.82) is 0 Å². The number of likely N-dealkylation sites (tertiary alicyclic amines) is 1. The van der Waals surface area contributed by atoms with E-state index in [0.717, 1.165) is 25.1 Å². The highest BCUT2D eigenvalue weighted by Gasteiger charge is 2.32. The van der Waals surface area contributed by atoms with Crippen molar-refractivity contribution in [3.8, 4) is 0 Å². The third kappa shape index (κ3) is 3.02. The minimum Gasteiger partial charge on any atom is -0.342 e. The lowest BCUT2D eigenvalue weighted by Gasteiger charge is -2.31. The Balaban J connectivity index is 1.94. The third-order valence-corrected chi connectivity index (χ3v) is 4.20. The number of carbonyl (C=O) groups is 1. The summed E-state index contributed by atoms with van der Waals surface area (Å²) in [4.78, 5) is 13.6. The highest BCUT2D eigenvalue weighted by Crippen LogP contribution is 2.31. The molecule has 1 saturated heterocycles. The molecule has 3 rings (SSSR count). The lowest BCUT2D eigenvalue weighted by molar-refractivity contribution is -0.137. The van der Waals surface area contributed by atoms with Crippen LogP contribution in [0.2, 0.25) is 0 Å². The number of hydrogen-bond donors (Lipinski definition) is 0. The predicted octanol–water partition coefficient (Wildman–Crippen LogP) is 2.86. The van der Waals surface area contributed by atoms with E-state index in [-0.39, 0.29) is 11.8 Å². The largest absolute Gasteiger partial charge is 0.417 e. The van der Waals surface area contributed by atoms with Crippen LogP contribution in [0.5, 0.6) is 0 Å². The SMILES string of the molecule is CCC(=O)N1CCCC(c2nnc3ccc(C(F)(F)F)cn23)C1. The smallest absolute Gasteiger partial charge is 0.342 e. The molecule has 23 heavy (non-hydrogen) atoms. The summed E-state index contributed by atoms with van der Waals surface area (Å²) < 4.78 is 40.1. The standard InChI is InChI=1S/C15H17F3N4O/c1-2-13(23)21-7-3-4-10(8-21)14-20-19-12-6-5-11(9-22(12)14)15(16,17)18/h5-6,9-10H,2-4,7-8H2,1H3. The summed E-state index contributed by atoms with van der Waals surface area (Å²) in [7, 11) is 0. The average Bonchev–Trinajstić information content (AvgIpc) is 2.96. The fourth-order valence-electron chi connectivity index (χ4n) is 2.99. The van der Waals surface area contributed by atoms with Gasteiger partial charge < -0.3 is 4.90 Å². The number of carbonyl (C=O) groups excluding carboxylic acids is 1. The van der Waals surface area contributed by atoms with Crippen LogP contribution in [0.25, 0.3) is 5.65 Å². The molecule has 1 aliphatic heterocycles. The summed E-state index contributed by atoms with van der Waals surface area (Å²) in [6, 6.07) is 2.32. The van der Waals surface area contributed by atoms with Crippen LogP contribution in [0.15, 0.2) is 18.3 Å². The van der Waals surface area contributed by atoms with Gasteiger partial charge in [-0.15, -0.1) is 10.2 Å². The molecule has 0 radical (unpaired) electrons. The number of aromatic nitrogens is 3. The van der Waals surface area contributed by atoms with E-state index >= 15 is 0 Å². The lowest BCUT2D eigenvalue weighted by atomic mass is 9.97. The van der Waals surface area contributed by atoms with E-state index in [0.29, 0.717) is 31.0 Å². The molecule has 1 amide bonds. The van der Waals surface area contributed by atoms with Crippen molar-refractivity contribution in [2.24, 2.45) is 0 Å². The highest BCUT2D eigenvalue weighted by atomic mass is 19.4. The number of halogens is 3. The molecule has 0 bridgehead atoms. The van der Waals surface area contributed by atoms with Crippen LogP contribution in [0, 0.1) is 0 Å². The van der Waals surface area contributed by atoms with E-state index in [1.807, 2.05) is 0 Å². The van der Waals surface area contributed by atoms with E-state index in [1.54, 1.807) is 11.8 Å². The maximum absolute atomic E-state index is 12.9. The van der Waals surface area contributed by atoms with Gasteiger partial charge in [0.2, 0.25) is 5.91 Å². The van der Waals surface area contributed by atoms with Crippen molar-refractivity contribution in [2.45, 2.75) is 38.3 Å². The lowest BCUT2D eigenvalue weighted by Crippen LogP contribution is -2.39. The Morgan fingerprint density at radius 3 is 2.83 bits per heavy atom. The first-order chi connectivity index (χ1) is 10.9. The van der Waals surface area contributed by atoms with Crippen LogP contribution in [0.4, 0.5) is 13.2 Å². The molecular weight excluding hydrogens is 309 g/mol. The summed E-state index contributed by atoms with van der Waals surface area (Å²) in [6.07, 6.45) is -1.36. The molecular formula is C15H17F3N4O. The van der Waals surface area contributed by atoms with Gasteiger partial charge in [-0.25, -0.2) is 0 Å². The van der Waals surface area contributed by atoms with Gasteiger partial charge in [0.1, 0.15) is 5.82 Å². The quantitative estimate of drug-likeness (QED) is 0.853. The summed E-state index contributed by atoms with van der Waals surface area (Å²) >= 11 is 0. The van der Waals surface area contributed by atoms with Crippen molar-refractivity contribution in [1.82, 2.24) is 19.5 Å². The molecule has 8 heteroatoms. The number of hydrogen-bond acceptors (Lipinski definition) is 3. The first kappa shape index (κ1) is 15.8. The summed E-state index contributed by atoms with van der Waals surface area (Å²) in [6.45, 7) is 2.96. The molecule has 0 saturated carbocycles. The van der Waals surface area contributed by atoms with Crippen molar-refractivity contribution in [3.05, 3.63) is 29.7 Å². The number of pyridine rings is 1. The molecule has 1 aliphatic rings. The molecule has 1 atom stereocenters. The molecule has 0 N–H and O–H groups in total. The topological polar surface area (TPSA) is 50.5 Å². The third-order valence-electron chi connectivity index (χ3n) is 4.20. The maximum atomic E-state index is 12.9. The fraction of sp³-hybridized carbons (Fsp3) is 0.533. The van der Waals surface area contributed by atoms with Gasteiger partial charge in [0.15, 0.2) is 5.65 Å². The number of rotatable bonds is 2. The molecule has 2 aromatic heterocycles. The normalized spacial score (nSPS) is 19.3. The van der Waals surface area contributed by atoms with E-state index in [2.05, 4.69) is 10.2 Å². The molecule has 3 heterocycles. The molecule has 0 aliphatic carbocycles. The summed E-state index contributed by atoms with van der Waals surface area (Å²) in [5.74, 6) is 0.442. The van der Waals surface area contributed by atoms with Crippen molar-refractivity contribution >= 4 is 11.6 Å². The number of alkyl halides is 3. The predicted molar refractivity (Wildman–Crippen MR) is 76.8 cm³/mol. The Morgan fingerprint density at radius 2 is 2.13 bits per heavy atom. The number of nitrogens with zero attached hydrogens (tertiary/aromatic N) is 4. The van der Waals surface area contributed by atoms with Gasteiger partial charge in [0.25, 0.3) is 0 Å². The molecule has 0 spiro atoms. The first-order valence-corrected chi connectivity index (χ1v) is 7.59. The van der Waals surface area contributed by atoms with Crippen LogP contribution in [-0.2, 0) is 11.0 Å². The Labute approximate surface area is 131 Å². The van der Waals surface area contributed by atoms with E-state index in [4.69, 9.17) is 0 Å². The highest BCUT2D eigenvalue weighted by molar-refractivity contribution is 5.76. The number of amides is 1. The Bertz CT molecular complexity index is 725. The van der Waals surface area contributed by atoms with Gasteiger partial charge >= 0.3 is 6.18 Å². The molecule has 1 fully saturated rings. The van der Waals surface area contributed by atoms with E-state index in [9.17, 15) is 18.0 Å². The number of fused-ring (bicyclic) bond motifs is 1. The van der Waals surface area contributed by atoms with Gasteiger partial charge in [0, 0.05) is 31.6 Å². The van der Waals surface area contributed by atoms with E-state index in [1.165, 1.54) is 10.5 Å². The van der Waals surface area contributed by atoms with Crippen molar-refractivity contribution in [3.63, 3.8) is 0 Å². The molecule has 1 unspecified atom stereocenters. The zero-order valence-corrected chi connectivity index (χ0v) is 12.7. The van der Waals surface area contributed by atoms with Crippen LogP contribution >= 0.6 is 0 Å². The van der Waals surface area contributed by atoms with Gasteiger partial charge in [-0.1, -0.05) is 6.92 Å². The first-order valence-electron chi connectivity index (χ1n) is 7.59. The fourth-order valence-corrected chi connectivity index (χ4v) is 2.99. The minimum atomic E-state index is -4.41. The van der Waals surface area contributed by atoms with Crippen LogP contribution in [0.1, 0.15) is 43.5 Å². The number of piperidine rings is 1. The Morgan fingerprint density at radius 1 is 1.35 bits per heavy atom. The second kappa shape index (κ2) is 5.82. The van der Waals surface area contributed by atoms with Crippen molar-refractivity contribution < 1.29 is 18.0 Å². The second-order valence-electron chi connectivity index (χ2n) is 5.73. The molecule has 5 nitrogen and oxygen atoms in total. The summed E-state index contributed by atoms with van der Waals surface area (Å²) in [5, 5.41) is 8.02. The van der Waals surface area contributed by atoms with Crippen LogP contribution < -0.4 is 0 Å². The van der Waals surface area contributed by atoms with Gasteiger partial charge in [0.05, 0.1) is 5.56 Å². The van der Waals surface area contributed by atoms with E-state index < -0.39 is 11.7 Å². The van der Waals surface area contributed by atoms with Crippen LogP contribution in [0.3, 0.4) is 0 Å². The average molecular weight is 326 g/mol. The van der Waals surface area contributed by atoms with Crippen LogP contribution in [-0.4, -0.2) is 38.5 Å². The minimum absolute atomic E-state index is 0.0551. The Kier molecular flexibility index (Phi) is 3.99. The zero-order valence-electron chi connectivity index (χ0n) is 12.7. The van der Waals surface area contributed by atoms with Gasteiger partial charge in [-0.2, -0.15) is 13.2 Å². The molecule has 2 aromatic rings. The van der Waals surface area contributed by atoms with Crippen molar-refractivity contribution in [2.75, 3.05) is 13.1 Å². The Hall–Kier alpha value is -2.12. The van der Waals surface area contributed by atoms with Gasteiger partial charge in [-0.05, 0) is 25.0 Å².